The molecule has 8 heteroatoms. The van der Waals surface area contributed by atoms with E-state index in [2.05, 4.69) is 15.4 Å². The van der Waals surface area contributed by atoms with Crippen LogP contribution in [-0.4, -0.2) is 38.0 Å². The van der Waals surface area contributed by atoms with Crippen LogP contribution in [0.3, 0.4) is 0 Å². The van der Waals surface area contributed by atoms with Crippen LogP contribution in [0.4, 0.5) is 5.82 Å². The van der Waals surface area contributed by atoms with Crippen molar-refractivity contribution in [3.05, 3.63) is 41.3 Å². The van der Waals surface area contributed by atoms with Gasteiger partial charge < -0.3 is 16.0 Å². The number of rotatable bonds is 5. The molecule has 0 unspecified atom stereocenters. The molecule has 0 spiro atoms. The largest absolute Gasteiger partial charge is 0.365 e. The van der Waals surface area contributed by atoms with Gasteiger partial charge in [0.05, 0.1) is 36.6 Å². The third kappa shape index (κ3) is 3.14. The summed E-state index contributed by atoms with van der Waals surface area (Å²) >= 11 is 0. The van der Waals surface area contributed by atoms with E-state index < -0.39 is 5.91 Å². The normalized spacial score (nSPS) is 16.7. The molecule has 0 saturated heterocycles. The Bertz CT molecular complexity index is 842. The second kappa shape index (κ2) is 6.78. The first-order chi connectivity index (χ1) is 12.6. The quantitative estimate of drug-likeness (QED) is 0.837. The van der Waals surface area contributed by atoms with Gasteiger partial charge in [-0.3, -0.25) is 14.3 Å². The van der Waals surface area contributed by atoms with Crippen molar-refractivity contribution in [2.24, 2.45) is 11.7 Å². The minimum atomic E-state index is -0.519. The number of amides is 2. The summed E-state index contributed by atoms with van der Waals surface area (Å²) in [6.45, 7) is 2.47. The lowest BCUT2D eigenvalue weighted by Gasteiger charge is -2.34. The summed E-state index contributed by atoms with van der Waals surface area (Å²) in [4.78, 5) is 30.0. The van der Waals surface area contributed by atoms with E-state index in [9.17, 15) is 9.59 Å². The van der Waals surface area contributed by atoms with Gasteiger partial charge in [0.15, 0.2) is 0 Å². The van der Waals surface area contributed by atoms with Gasteiger partial charge in [-0.05, 0) is 31.0 Å². The second-order valence-corrected chi connectivity index (χ2v) is 6.86. The van der Waals surface area contributed by atoms with Gasteiger partial charge >= 0.3 is 0 Å². The van der Waals surface area contributed by atoms with Gasteiger partial charge in [0.1, 0.15) is 5.82 Å². The third-order valence-electron chi connectivity index (χ3n) is 5.12. The monoisotopic (exact) mass is 354 g/mol. The first-order valence-corrected chi connectivity index (χ1v) is 8.95. The van der Waals surface area contributed by atoms with Crippen LogP contribution in [0.15, 0.2) is 24.4 Å². The van der Waals surface area contributed by atoms with Gasteiger partial charge in [0.2, 0.25) is 5.91 Å². The maximum atomic E-state index is 12.4. The molecule has 1 aliphatic heterocycles. The fourth-order valence-electron chi connectivity index (χ4n) is 3.43. The summed E-state index contributed by atoms with van der Waals surface area (Å²) in [6, 6.07) is 5.31. The predicted molar refractivity (Wildman–Crippen MR) is 95.1 cm³/mol. The molecule has 3 heterocycles. The Morgan fingerprint density at radius 2 is 2.15 bits per heavy atom. The molecule has 0 aromatic carbocycles. The van der Waals surface area contributed by atoms with Crippen molar-refractivity contribution in [1.82, 2.24) is 19.7 Å². The Balaban J connectivity index is 1.42. The highest BCUT2D eigenvalue weighted by Gasteiger charge is 2.31. The van der Waals surface area contributed by atoms with Crippen molar-refractivity contribution in [3.63, 3.8) is 0 Å². The molecule has 2 aromatic rings. The van der Waals surface area contributed by atoms with E-state index >= 15 is 0 Å². The molecular weight excluding hydrogens is 332 g/mol. The highest BCUT2D eigenvalue weighted by Crippen LogP contribution is 2.29. The van der Waals surface area contributed by atoms with Crippen LogP contribution in [0.1, 0.15) is 41.0 Å². The maximum Gasteiger partial charge on any atom is 0.252 e. The summed E-state index contributed by atoms with van der Waals surface area (Å²) in [5.41, 5.74) is 7.61. The number of fused-ring (bicyclic) bond motifs is 1. The number of pyridine rings is 1. The molecule has 26 heavy (non-hydrogen) atoms. The highest BCUT2D eigenvalue weighted by molar-refractivity contribution is 5.97. The summed E-state index contributed by atoms with van der Waals surface area (Å²) < 4.78 is 1.95. The molecule has 1 aliphatic carbocycles. The Labute approximate surface area is 151 Å². The van der Waals surface area contributed by atoms with Crippen LogP contribution in [-0.2, 0) is 24.4 Å². The fraction of sp³-hybridized carbons (Fsp3) is 0.444. The van der Waals surface area contributed by atoms with Gasteiger partial charge in [-0.25, -0.2) is 4.98 Å². The average Bonchev–Trinajstić information content (AvgIpc) is 3.00. The van der Waals surface area contributed by atoms with Crippen molar-refractivity contribution >= 4 is 17.6 Å². The number of carbonyl (C=O) groups excluding carboxylic acids is 2. The minimum Gasteiger partial charge on any atom is -0.365 e. The number of carbonyl (C=O) groups is 2. The zero-order chi connectivity index (χ0) is 18.1. The van der Waals surface area contributed by atoms with Crippen LogP contribution >= 0.6 is 0 Å². The average molecular weight is 354 g/mol. The molecule has 8 nitrogen and oxygen atoms in total. The molecule has 0 bridgehead atoms. The molecule has 136 valence electrons. The first kappa shape index (κ1) is 16.6. The number of nitrogens with one attached hydrogen (secondary N) is 1. The number of nitrogens with zero attached hydrogens (tertiary/aromatic N) is 4. The summed E-state index contributed by atoms with van der Waals surface area (Å²) in [6.07, 6.45) is 4.82. The van der Waals surface area contributed by atoms with E-state index in [1.54, 1.807) is 18.3 Å². The second-order valence-electron chi connectivity index (χ2n) is 6.86. The Hall–Kier alpha value is -2.90. The lowest BCUT2D eigenvalue weighted by Crippen LogP contribution is -2.43. The van der Waals surface area contributed by atoms with Crippen LogP contribution in [0, 0.1) is 5.92 Å². The lowest BCUT2D eigenvalue weighted by atomic mass is 9.84. The van der Waals surface area contributed by atoms with Gasteiger partial charge in [0.25, 0.3) is 5.91 Å². The first-order valence-electron chi connectivity index (χ1n) is 8.95. The summed E-state index contributed by atoms with van der Waals surface area (Å²) in [5.74, 6) is 0.438. The Morgan fingerprint density at radius 3 is 2.88 bits per heavy atom. The van der Waals surface area contributed by atoms with Crippen LogP contribution in [0.25, 0.3) is 0 Å². The fourth-order valence-corrected chi connectivity index (χ4v) is 3.43. The van der Waals surface area contributed by atoms with E-state index in [0.717, 1.165) is 24.2 Å². The number of hydrogen-bond acceptors (Lipinski definition) is 5. The zero-order valence-corrected chi connectivity index (χ0v) is 14.5. The van der Waals surface area contributed by atoms with Crippen molar-refractivity contribution in [2.45, 2.75) is 38.9 Å². The number of anilines is 1. The highest BCUT2D eigenvalue weighted by atomic mass is 16.2. The molecule has 0 atom stereocenters. The van der Waals surface area contributed by atoms with Crippen molar-refractivity contribution in [3.8, 4) is 0 Å². The molecule has 2 aromatic heterocycles. The summed E-state index contributed by atoms with van der Waals surface area (Å²) in [5, 5.41) is 7.71. The Kier molecular flexibility index (Phi) is 4.32. The van der Waals surface area contributed by atoms with Gasteiger partial charge in [-0.1, -0.05) is 6.42 Å². The van der Waals surface area contributed by atoms with E-state index in [4.69, 9.17) is 5.73 Å². The minimum absolute atomic E-state index is 0.224. The van der Waals surface area contributed by atoms with Crippen molar-refractivity contribution in [2.75, 3.05) is 11.9 Å². The Morgan fingerprint density at radius 1 is 1.31 bits per heavy atom. The molecule has 0 radical (unpaired) electrons. The van der Waals surface area contributed by atoms with E-state index in [-0.39, 0.29) is 11.8 Å². The molecule has 2 aliphatic rings. The van der Waals surface area contributed by atoms with E-state index in [1.165, 1.54) is 6.42 Å². The predicted octanol–water partition coefficient (Wildman–Crippen LogP) is 1.13. The molecule has 4 rings (SSSR count). The number of primary amides is 1. The molecule has 1 fully saturated rings. The molecular formula is C18H22N6O2. The smallest absolute Gasteiger partial charge is 0.252 e. The zero-order valence-electron chi connectivity index (χ0n) is 14.5. The number of nitrogens with two attached hydrogens (primary N) is 1. The molecule has 1 saturated carbocycles. The van der Waals surface area contributed by atoms with E-state index in [0.29, 0.717) is 37.6 Å². The SMILES string of the molecule is NC(=O)c1cccnc1NCc1cc2n(n1)CCN(C(=O)C1CCC1)C2. The van der Waals surface area contributed by atoms with Crippen molar-refractivity contribution < 1.29 is 9.59 Å². The molecule has 3 N–H and O–H groups in total. The van der Waals surface area contributed by atoms with Gasteiger partial charge in [-0.15, -0.1) is 0 Å². The maximum absolute atomic E-state index is 12.4. The molecule has 2 amide bonds. The number of aromatic nitrogens is 3. The van der Waals surface area contributed by atoms with Gasteiger partial charge in [0, 0.05) is 18.7 Å². The lowest BCUT2D eigenvalue weighted by molar-refractivity contribution is -0.139. The topological polar surface area (TPSA) is 106 Å². The van der Waals surface area contributed by atoms with Gasteiger partial charge in [-0.2, -0.15) is 5.10 Å². The van der Waals surface area contributed by atoms with Crippen LogP contribution < -0.4 is 11.1 Å². The number of hydrogen-bond donors (Lipinski definition) is 2. The third-order valence-corrected chi connectivity index (χ3v) is 5.12. The van der Waals surface area contributed by atoms with Crippen LogP contribution in [0.2, 0.25) is 0 Å². The van der Waals surface area contributed by atoms with Crippen LogP contribution in [0.5, 0.6) is 0 Å². The van der Waals surface area contributed by atoms with Crippen molar-refractivity contribution in [1.29, 1.82) is 0 Å². The van der Waals surface area contributed by atoms with E-state index in [1.807, 2.05) is 15.6 Å². The summed E-state index contributed by atoms with van der Waals surface area (Å²) in [7, 11) is 0. The standard InChI is InChI=1S/C18H22N6O2/c19-16(25)15-5-2-6-20-17(15)21-10-13-9-14-11-23(7-8-24(14)22-13)18(26)12-3-1-4-12/h2,5-6,9,12H,1,3-4,7-8,10-11H2,(H2,19,25)(H,20,21).